The smallest absolute Gasteiger partial charge is 0.311 e. The molecule has 1 unspecified atom stereocenters. The van der Waals surface area contributed by atoms with E-state index in [0.717, 1.165) is 25.7 Å². The Morgan fingerprint density at radius 2 is 1.86 bits per heavy atom. The van der Waals surface area contributed by atoms with Crippen molar-refractivity contribution in [1.82, 2.24) is 4.90 Å². The first kappa shape index (κ1) is 15.1. The summed E-state index contributed by atoms with van der Waals surface area (Å²) in [7, 11) is 0. The number of carbonyl (C=O) groups excluding carboxylic acids is 1. The van der Waals surface area contributed by atoms with Crippen molar-refractivity contribution in [3.8, 4) is 0 Å². The van der Waals surface area contributed by atoms with Gasteiger partial charge < -0.3 is 10.0 Å². The Bertz CT molecular complexity index is 579. The van der Waals surface area contributed by atoms with Crippen LogP contribution in [0.1, 0.15) is 38.2 Å². The van der Waals surface area contributed by atoms with Crippen LogP contribution in [-0.4, -0.2) is 35.0 Å². The quantitative estimate of drug-likeness (QED) is 0.930. The summed E-state index contributed by atoms with van der Waals surface area (Å²) in [4.78, 5) is 26.2. The lowest BCUT2D eigenvalue weighted by atomic mass is 9.64. The third-order valence-corrected chi connectivity index (χ3v) is 5.43. The molecule has 1 amide bonds. The lowest BCUT2D eigenvalue weighted by Gasteiger charge is -2.43. The minimum Gasteiger partial charge on any atom is -0.481 e. The molecule has 1 aromatic rings. The molecule has 118 valence electrons. The molecule has 1 saturated carbocycles. The number of rotatable bonds is 4. The molecule has 1 atom stereocenters. The van der Waals surface area contributed by atoms with Crippen molar-refractivity contribution >= 4 is 11.9 Å². The zero-order valence-electron chi connectivity index (χ0n) is 13.0. The van der Waals surface area contributed by atoms with Crippen LogP contribution in [0.2, 0.25) is 0 Å². The predicted molar refractivity (Wildman–Crippen MR) is 83.4 cm³/mol. The molecule has 1 heterocycles. The summed E-state index contributed by atoms with van der Waals surface area (Å²) in [5.74, 6) is -0.638. The Kier molecular flexibility index (Phi) is 3.71. The Morgan fingerprint density at radius 3 is 2.36 bits per heavy atom. The number of carboxylic acids is 1. The van der Waals surface area contributed by atoms with E-state index in [4.69, 9.17) is 0 Å². The molecule has 0 bridgehead atoms. The maximum atomic E-state index is 13.0. The van der Waals surface area contributed by atoms with Crippen molar-refractivity contribution in [1.29, 1.82) is 0 Å². The molecular weight excluding hydrogens is 278 g/mol. The Labute approximate surface area is 131 Å². The minimum atomic E-state index is -0.798. The van der Waals surface area contributed by atoms with Gasteiger partial charge in [0.1, 0.15) is 0 Å². The molecule has 0 aromatic heterocycles. The Morgan fingerprint density at radius 1 is 1.18 bits per heavy atom. The van der Waals surface area contributed by atoms with Gasteiger partial charge in [-0.15, -0.1) is 0 Å². The van der Waals surface area contributed by atoms with Crippen LogP contribution in [-0.2, 0) is 16.0 Å². The average Bonchev–Trinajstić information content (AvgIpc) is 2.87. The molecular formula is C18H23NO3. The van der Waals surface area contributed by atoms with Crippen molar-refractivity contribution < 1.29 is 14.7 Å². The topological polar surface area (TPSA) is 57.6 Å². The van der Waals surface area contributed by atoms with Gasteiger partial charge in [0.25, 0.3) is 0 Å². The highest BCUT2D eigenvalue weighted by Crippen LogP contribution is 2.46. The molecule has 1 aliphatic heterocycles. The van der Waals surface area contributed by atoms with E-state index in [1.54, 1.807) is 11.8 Å². The minimum absolute atomic E-state index is 0.160. The van der Waals surface area contributed by atoms with Gasteiger partial charge >= 0.3 is 5.97 Å². The highest BCUT2D eigenvalue weighted by Gasteiger charge is 2.50. The van der Waals surface area contributed by atoms with Crippen LogP contribution >= 0.6 is 0 Å². The molecule has 1 N–H and O–H groups in total. The summed E-state index contributed by atoms with van der Waals surface area (Å²) in [6, 6.07) is 10.1. The van der Waals surface area contributed by atoms with Crippen LogP contribution in [0.5, 0.6) is 0 Å². The zero-order valence-corrected chi connectivity index (χ0v) is 13.0. The molecule has 2 fully saturated rings. The zero-order chi connectivity index (χ0) is 15.8. The second-order valence-corrected chi connectivity index (χ2v) is 7.14. The van der Waals surface area contributed by atoms with Gasteiger partial charge in [0.15, 0.2) is 0 Å². The fourth-order valence-electron chi connectivity index (χ4n) is 3.70. The van der Waals surface area contributed by atoms with Gasteiger partial charge in [0.05, 0.1) is 10.8 Å². The van der Waals surface area contributed by atoms with Crippen molar-refractivity contribution in [3.05, 3.63) is 35.9 Å². The van der Waals surface area contributed by atoms with Crippen molar-refractivity contribution in [2.45, 2.75) is 39.0 Å². The summed E-state index contributed by atoms with van der Waals surface area (Å²) in [6.07, 6.45) is 4.24. The van der Waals surface area contributed by atoms with E-state index >= 15 is 0 Å². The third kappa shape index (κ3) is 2.51. The van der Waals surface area contributed by atoms with Crippen LogP contribution < -0.4 is 0 Å². The second-order valence-electron chi connectivity index (χ2n) is 7.14. The number of nitrogens with zero attached hydrogens (tertiary/aromatic N) is 1. The van der Waals surface area contributed by atoms with Gasteiger partial charge in [-0.05, 0) is 38.2 Å². The van der Waals surface area contributed by atoms with Crippen LogP contribution in [0.4, 0.5) is 0 Å². The number of carbonyl (C=O) groups is 2. The lowest BCUT2D eigenvalue weighted by Crippen LogP contribution is -2.49. The van der Waals surface area contributed by atoms with Crippen LogP contribution in [0.3, 0.4) is 0 Å². The highest BCUT2D eigenvalue weighted by molar-refractivity contribution is 5.86. The number of likely N-dealkylation sites (tertiary alicyclic amines) is 1. The maximum absolute atomic E-state index is 13.0. The molecule has 22 heavy (non-hydrogen) atoms. The summed E-state index contributed by atoms with van der Waals surface area (Å²) >= 11 is 0. The fraction of sp³-hybridized carbons (Fsp3) is 0.556. The number of hydrogen-bond acceptors (Lipinski definition) is 2. The van der Waals surface area contributed by atoms with E-state index in [0.29, 0.717) is 19.5 Å². The average molecular weight is 301 g/mol. The molecule has 0 radical (unpaired) electrons. The van der Waals surface area contributed by atoms with E-state index in [9.17, 15) is 14.7 Å². The molecule has 3 rings (SSSR count). The molecule has 1 saturated heterocycles. The molecule has 0 spiro atoms. The van der Waals surface area contributed by atoms with Gasteiger partial charge in [-0.25, -0.2) is 0 Å². The molecule has 1 aliphatic carbocycles. The van der Waals surface area contributed by atoms with Crippen molar-refractivity contribution in [2.24, 2.45) is 10.8 Å². The first-order chi connectivity index (χ1) is 10.5. The largest absolute Gasteiger partial charge is 0.481 e. The van der Waals surface area contributed by atoms with Crippen LogP contribution in [0.25, 0.3) is 0 Å². The number of aliphatic carboxylic acids is 1. The summed E-state index contributed by atoms with van der Waals surface area (Å²) in [5, 5.41) is 9.34. The van der Waals surface area contributed by atoms with Gasteiger partial charge in [-0.2, -0.15) is 0 Å². The van der Waals surface area contributed by atoms with E-state index in [1.807, 2.05) is 18.2 Å². The third-order valence-electron chi connectivity index (χ3n) is 5.43. The van der Waals surface area contributed by atoms with E-state index in [1.165, 1.54) is 5.56 Å². The van der Waals surface area contributed by atoms with E-state index in [2.05, 4.69) is 12.1 Å². The predicted octanol–water partition coefficient (Wildman–Crippen LogP) is 2.72. The highest BCUT2D eigenvalue weighted by atomic mass is 16.4. The molecule has 2 aliphatic rings. The Balaban J connectivity index is 1.74. The summed E-state index contributed by atoms with van der Waals surface area (Å²) < 4.78 is 0. The number of carboxylic acid groups (broad SMARTS) is 1. The van der Waals surface area contributed by atoms with Gasteiger partial charge in [0.2, 0.25) is 5.91 Å². The first-order valence-electron chi connectivity index (χ1n) is 8.02. The second kappa shape index (κ2) is 5.41. The number of amides is 1. The SMILES string of the molecule is CC1(C(=O)O)CCN(C(=O)C2(Cc3ccccc3)CCC2)C1. The summed E-state index contributed by atoms with van der Waals surface area (Å²) in [5.41, 5.74) is 0.106. The van der Waals surface area contributed by atoms with Crippen LogP contribution in [0, 0.1) is 10.8 Å². The van der Waals surface area contributed by atoms with Gasteiger partial charge in [-0.3, -0.25) is 9.59 Å². The van der Waals surface area contributed by atoms with Crippen LogP contribution in [0.15, 0.2) is 30.3 Å². The molecule has 4 nitrogen and oxygen atoms in total. The Hall–Kier alpha value is -1.84. The van der Waals surface area contributed by atoms with Crippen molar-refractivity contribution in [2.75, 3.05) is 13.1 Å². The molecule has 4 heteroatoms. The van der Waals surface area contributed by atoms with Gasteiger partial charge in [-0.1, -0.05) is 36.8 Å². The summed E-state index contributed by atoms with van der Waals surface area (Å²) in [6.45, 7) is 2.66. The van der Waals surface area contributed by atoms with Gasteiger partial charge in [0, 0.05) is 13.1 Å². The maximum Gasteiger partial charge on any atom is 0.311 e. The fourth-order valence-corrected chi connectivity index (χ4v) is 3.70. The monoisotopic (exact) mass is 301 g/mol. The number of hydrogen-bond donors (Lipinski definition) is 1. The molecule has 1 aromatic carbocycles. The van der Waals surface area contributed by atoms with E-state index < -0.39 is 11.4 Å². The first-order valence-corrected chi connectivity index (χ1v) is 8.02. The normalized spacial score (nSPS) is 26.5. The number of benzene rings is 1. The standard InChI is InChI=1S/C18H23NO3/c1-17(16(21)22)10-11-19(13-17)15(20)18(8-5-9-18)12-14-6-3-2-4-7-14/h2-4,6-7H,5,8-13H2,1H3,(H,21,22). The van der Waals surface area contributed by atoms with E-state index in [-0.39, 0.29) is 11.3 Å². The lowest BCUT2D eigenvalue weighted by molar-refractivity contribution is -0.150. The van der Waals surface area contributed by atoms with Crippen molar-refractivity contribution in [3.63, 3.8) is 0 Å².